The third-order valence-electron chi connectivity index (χ3n) is 1.97. The SMILES string of the molecule is C[C]1NCc2ccccc21. The Morgan fingerprint density at radius 3 is 2.90 bits per heavy atom. The molecule has 0 aromatic heterocycles. The molecule has 1 aliphatic heterocycles. The predicted octanol–water partition coefficient (Wildman–Crippen LogP) is 1.69. The summed E-state index contributed by atoms with van der Waals surface area (Å²) in [7, 11) is 0. The van der Waals surface area contributed by atoms with Gasteiger partial charge in [-0.25, -0.2) is 0 Å². The summed E-state index contributed by atoms with van der Waals surface area (Å²) in [5.74, 6) is 0. The van der Waals surface area contributed by atoms with Crippen LogP contribution in [0.3, 0.4) is 0 Å². The Bertz CT molecular complexity index is 242. The van der Waals surface area contributed by atoms with Crippen LogP contribution < -0.4 is 5.32 Å². The van der Waals surface area contributed by atoms with E-state index in [0.29, 0.717) is 0 Å². The van der Waals surface area contributed by atoms with Crippen LogP contribution in [0.25, 0.3) is 0 Å². The predicted molar refractivity (Wildman–Crippen MR) is 41.3 cm³/mol. The van der Waals surface area contributed by atoms with E-state index in [0.717, 1.165) is 6.54 Å². The lowest BCUT2D eigenvalue weighted by Crippen LogP contribution is -2.07. The van der Waals surface area contributed by atoms with Crippen molar-refractivity contribution in [1.29, 1.82) is 0 Å². The first kappa shape index (κ1) is 5.93. The van der Waals surface area contributed by atoms with Gasteiger partial charge in [-0.2, -0.15) is 0 Å². The molecule has 1 nitrogen and oxygen atoms in total. The Morgan fingerprint density at radius 2 is 2.10 bits per heavy atom. The highest BCUT2D eigenvalue weighted by Gasteiger charge is 2.16. The van der Waals surface area contributed by atoms with Crippen LogP contribution in [0.1, 0.15) is 18.1 Å². The molecule has 0 saturated carbocycles. The second kappa shape index (κ2) is 2.10. The lowest BCUT2D eigenvalue weighted by atomic mass is 10.1. The van der Waals surface area contributed by atoms with Gasteiger partial charge >= 0.3 is 0 Å². The Morgan fingerprint density at radius 1 is 1.30 bits per heavy atom. The Balaban J connectivity index is 2.51. The van der Waals surface area contributed by atoms with Crippen molar-refractivity contribution in [2.75, 3.05) is 0 Å². The first-order chi connectivity index (χ1) is 4.88. The maximum atomic E-state index is 3.30. The third kappa shape index (κ3) is 0.745. The Hall–Kier alpha value is -0.820. The molecule has 0 aliphatic carbocycles. The van der Waals surface area contributed by atoms with Crippen LogP contribution in [0.5, 0.6) is 0 Å². The fourth-order valence-electron chi connectivity index (χ4n) is 1.36. The number of nitrogens with one attached hydrogen (secondary N) is 1. The van der Waals surface area contributed by atoms with Crippen molar-refractivity contribution in [1.82, 2.24) is 5.32 Å². The minimum absolute atomic E-state index is 1.00. The van der Waals surface area contributed by atoms with E-state index in [1.54, 1.807) is 0 Å². The Labute approximate surface area is 61.1 Å². The van der Waals surface area contributed by atoms with Crippen LogP contribution in [0, 0.1) is 6.04 Å². The summed E-state index contributed by atoms with van der Waals surface area (Å²) < 4.78 is 0. The van der Waals surface area contributed by atoms with Crippen molar-refractivity contribution in [2.24, 2.45) is 0 Å². The van der Waals surface area contributed by atoms with Gasteiger partial charge in [-0.1, -0.05) is 24.3 Å². The van der Waals surface area contributed by atoms with E-state index in [4.69, 9.17) is 0 Å². The first-order valence-corrected chi connectivity index (χ1v) is 3.53. The molecule has 1 aromatic rings. The van der Waals surface area contributed by atoms with Crippen molar-refractivity contribution in [3.8, 4) is 0 Å². The molecule has 0 bridgehead atoms. The number of hydrogen-bond acceptors (Lipinski definition) is 1. The van der Waals surface area contributed by atoms with E-state index in [1.165, 1.54) is 17.2 Å². The van der Waals surface area contributed by atoms with E-state index < -0.39 is 0 Å². The molecule has 1 aromatic carbocycles. The molecule has 1 heterocycles. The summed E-state index contributed by atoms with van der Waals surface area (Å²) in [4.78, 5) is 0. The zero-order chi connectivity index (χ0) is 6.97. The van der Waals surface area contributed by atoms with Gasteiger partial charge in [0.15, 0.2) is 0 Å². The highest BCUT2D eigenvalue weighted by Crippen LogP contribution is 2.22. The highest BCUT2D eigenvalue weighted by molar-refractivity contribution is 5.40. The highest BCUT2D eigenvalue weighted by atomic mass is 14.9. The van der Waals surface area contributed by atoms with E-state index in [-0.39, 0.29) is 0 Å². The second-order valence-electron chi connectivity index (χ2n) is 2.64. The van der Waals surface area contributed by atoms with E-state index in [1.807, 2.05) is 0 Å². The molecule has 1 heteroatoms. The average Bonchev–Trinajstić information content (AvgIpc) is 2.34. The van der Waals surface area contributed by atoms with Crippen LogP contribution >= 0.6 is 0 Å². The normalized spacial score (nSPS) is 17.3. The minimum atomic E-state index is 1.00. The van der Waals surface area contributed by atoms with Crippen molar-refractivity contribution in [3.63, 3.8) is 0 Å². The standard InChI is InChI=1S/C9H10N/c1-7-9-5-3-2-4-8(9)6-10-7/h2-5,10H,6H2,1H3. The molecule has 2 rings (SSSR count). The third-order valence-corrected chi connectivity index (χ3v) is 1.97. The molecule has 1 radical (unpaired) electrons. The van der Waals surface area contributed by atoms with Crippen LogP contribution in [0.15, 0.2) is 24.3 Å². The second-order valence-corrected chi connectivity index (χ2v) is 2.64. The molecule has 0 fully saturated rings. The molecule has 0 atom stereocenters. The summed E-state index contributed by atoms with van der Waals surface area (Å²) in [5.41, 5.74) is 2.79. The zero-order valence-corrected chi connectivity index (χ0v) is 6.02. The van der Waals surface area contributed by atoms with Gasteiger partial charge in [-0.15, -0.1) is 0 Å². The summed E-state index contributed by atoms with van der Waals surface area (Å²) in [6.07, 6.45) is 0. The van der Waals surface area contributed by atoms with Gasteiger partial charge in [0.25, 0.3) is 0 Å². The molecule has 1 aliphatic rings. The van der Waals surface area contributed by atoms with Gasteiger partial charge < -0.3 is 5.32 Å². The first-order valence-electron chi connectivity index (χ1n) is 3.53. The van der Waals surface area contributed by atoms with Gasteiger partial charge in [0.2, 0.25) is 0 Å². The van der Waals surface area contributed by atoms with Crippen molar-refractivity contribution in [3.05, 3.63) is 41.4 Å². The smallest absolute Gasteiger partial charge is 0.0636 e. The molecule has 0 amide bonds. The van der Waals surface area contributed by atoms with Crippen LogP contribution in [-0.4, -0.2) is 0 Å². The summed E-state index contributed by atoms with van der Waals surface area (Å²) >= 11 is 0. The number of rotatable bonds is 0. The fraction of sp³-hybridized carbons (Fsp3) is 0.222. The van der Waals surface area contributed by atoms with Crippen molar-refractivity contribution < 1.29 is 0 Å². The number of fused-ring (bicyclic) bond motifs is 1. The molecular weight excluding hydrogens is 122 g/mol. The maximum Gasteiger partial charge on any atom is 0.0636 e. The minimum Gasteiger partial charge on any atom is -0.302 e. The maximum absolute atomic E-state index is 3.30. The lowest BCUT2D eigenvalue weighted by molar-refractivity contribution is 0.801. The number of hydrogen-bond donors (Lipinski definition) is 1. The van der Waals surface area contributed by atoms with Gasteiger partial charge in [-0.05, 0) is 18.1 Å². The van der Waals surface area contributed by atoms with Gasteiger partial charge in [0.05, 0.1) is 6.04 Å². The van der Waals surface area contributed by atoms with E-state index >= 15 is 0 Å². The monoisotopic (exact) mass is 132 g/mol. The van der Waals surface area contributed by atoms with Gasteiger partial charge in [-0.3, -0.25) is 0 Å². The molecule has 0 saturated heterocycles. The molecule has 0 spiro atoms. The van der Waals surface area contributed by atoms with Crippen LogP contribution in [0.2, 0.25) is 0 Å². The van der Waals surface area contributed by atoms with E-state index in [2.05, 4.69) is 36.5 Å². The van der Waals surface area contributed by atoms with Crippen molar-refractivity contribution in [2.45, 2.75) is 13.5 Å². The largest absolute Gasteiger partial charge is 0.302 e. The topological polar surface area (TPSA) is 12.0 Å². The zero-order valence-electron chi connectivity index (χ0n) is 6.02. The van der Waals surface area contributed by atoms with E-state index in [9.17, 15) is 0 Å². The lowest BCUT2D eigenvalue weighted by Gasteiger charge is -2.00. The summed E-state index contributed by atoms with van der Waals surface area (Å²) in [5, 5.41) is 3.30. The van der Waals surface area contributed by atoms with Crippen LogP contribution in [-0.2, 0) is 6.54 Å². The molecule has 10 heavy (non-hydrogen) atoms. The van der Waals surface area contributed by atoms with Gasteiger partial charge in [0.1, 0.15) is 0 Å². The van der Waals surface area contributed by atoms with Gasteiger partial charge in [0, 0.05) is 6.54 Å². The van der Waals surface area contributed by atoms with Crippen molar-refractivity contribution >= 4 is 0 Å². The summed E-state index contributed by atoms with van der Waals surface area (Å²) in [6.45, 7) is 3.12. The van der Waals surface area contributed by atoms with Crippen LogP contribution in [0.4, 0.5) is 0 Å². The Kier molecular flexibility index (Phi) is 1.24. The molecule has 0 unspecified atom stereocenters. The molecule has 51 valence electrons. The number of benzene rings is 1. The molecular formula is C9H10N. The quantitative estimate of drug-likeness (QED) is 0.566. The average molecular weight is 132 g/mol. The fourth-order valence-corrected chi connectivity index (χ4v) is 1.36. The summed E-state index contributed by atoms with van der Waals surface area (Å²) in [6, 6.07) is 9.79. The molecule has 1 N–H and O–H groups in total.